The number of rotatable bonds is 4. The second-order valence-electron chi connectivity index (χ2n) is 2.83. The Hall–Kier alpha value is -1.00. The van der Waals surface area contributed by atoms with Gasteiger partial charge < -0.3 is 9.84 Å². The number of ether oxygens (including phenoxy) is 1. The average Bonchev–Trinajstić information content (AvgIpc) is 2.18. The Morgan fingerprint density at radius 2 is 2.07 bits per heavy atom. The first kappa shape index (κ1) is 12.1. The lowest BCUT2D eigenvalue weighted by Gasteiger charge is -2.04. The molecule has 1 rings (SSSR count). The van der Waals surface area contributed by atoms with Gasteiger partial charge in [0.25, 0.3) is 0 Å². The number of thiol groups is 1. The van der Waals surface area contributed by atoms with Gasteiger partial charge >= 0.3 is 0 Å². The first-order valence-corrected chi connectivity index (χ1v) is 5.36. The van der Waals surface area contributed by atoms with E-state index in [-0.39, 0.29) is 5.76 Å². The van der Waals surface area contributed by atoms with Crippen molar-refractivity contribution in [3.63, 3.8) is 0 Å². The molecule has 0 atom stereocenters. The standard InChI is InChI=1S/C11H12O2S2/c1-2-13-9-5-3-8(4-6-9)10(12)7-11(14)15/h3-7,12H,2H2,1H3,(H,14,15)/b10-7-. The molecule has 1 aromatic carbocycles. The third-order valence-electron chi connectivity index (χ3n) is 1.72. The fourth-order valence-electron chi connectivity index (χ4n) is 1.09. The molecule has 1 aromatic rings. The number of hydrogen-bond donors (Lipinski definition) is 2. The molecule has 0 saturated carbocycles. The van der Waals surface area contributed by atoms with Crippen molar-refractivity contribution in [2.45, 2.75) is 6.92 Å². The number of benzene rings is 1. The predicted octanol–water partition coefficient (Wildman–Crippen LogP) is 3.24. The minimum atomic E-state index is 0.109. The highest BCUT2D eigenvalue weighted by atomic mass is 32.1. The summed E-state index contributed by atoms with van der Waals surface area (Å²) in [6.07, 6.45) is 1.42. The molecule has 1 N–H and O–H groups in total. The summed E-state index contributed by atoms with van der Waals surface area (Å²) in [6, 6.07) is 7.13. The van der Waals surface area contributed by atoms with Crippen LogP contribution in [0.2, 0.25) is 0 Å². The van der Waals surface area contributed by atoms with E-state index in [9.17, 15) is 5.11 Å². The second kappa shape index (κ2) is 5.78. The van der Waals surface area contributed by atoms with E-state index in [1.54, 1.807) is 24.3 Å². The lowest BCUT2D eigenvalue weighted by Crippen LogP contribution is -1.91. The summed E-state index contributed by atoms with van der Waals surface area (Å²) in [4.78, 5) is 0. The zero-order chi connectivity index (χ0) is 11.3. The Bertz CT molecular complexity index is 369. The average molecular weight is 240 g/mol. The summed E-state index contributed by atoms with van der Waals surface area (Å²) < 4.78 is 5.63. The van der Waals surface area contributed by atoms with E-state index >= 15 is 0 Å². The molecule has 0 aliphatic heterocycles. The van der Waals surface area contributed by atoms with Crippen LogP contribution < -0.4 is 4.74 Å². The van der Waals surface area contributed by atoms with E-state index in [1.807, 2.05) is 6.92 Å². The summed E-state index contributed by atoms with van der Waals surface area (Å²) >= 11 is 8.65. The molecule has 0 radical (unpaired) electrons. The largest absolute Gasteiger partial charge is 0.507 e. The van der Waals surface area contributed by atoms with Gasteiger partial charge in [0.1, 0.15) is 11.5 Å². The zero-order valence-electron chi connectivity index (χ0n) is 8.30. The van der Waals surface area contributed by atoms with Gasteiger partial charge in [-0.25, -0.2) is 0 Å². The van der Waals surface area contributed by atoms with E-state index in [0.29, 0.717) is 16.4 Å². The second-order valence-corrected chi connectivity index (χ2v) is 4.05. The minimum absolute atomic E-state index is 0.109. The van der Waals surface area contributed by atoms with Crippen LogP contribution >= 0.6 is 24.8 Å². The Morgan fingerprint density at radius 3 is 2.53 bits per heavy atom. The molecule has 0 aromatic heterocycles. The molecular weight excluding hydrogens is 228 g/mol. The van der Waals surface area contributed by atoms with Crippen molar-refractivity contribution >= 4 is 34.8 Å². The predicted molar refractivity (Wildman–Crippen MR) is 69.8 cm³/mol. The van der Waals surface area contributed by atoms with Gasteiger partial charge in [-0.1, -0.05) is 12.2 Å². The monoisotopic (exact) mass is 240 g/mol. The van der Waals surface area contributed by atoms with Crippen LogP contribution in [0, 0.1) is 0 Å². The maximum atomic E-state index is 9.60. The van der Waals surface area contributed by atoms with E-state index in [4.69, 9.17) is 17.0 Å². The Kier molecular flexibility index (Phi) is 4.65. The highest BCUT2D eigenvalue weighted by Gasteiger charge is 1.99. The summed E-state index contributed by atoms with van der Waals surface area (Å²) in [7, 11) is 0. The van der Waals surface area contributed by atoms with Gasteiger partial charge in [0.05, 0.1) is 10.8 Å². The molecule has 4 heteroatoms. The van der Waals surface area contributed by atoms with Crippen molar-refractivity contribution in [2.75, 3.05) is 6.61 Å². The van der Waals surface area contributed by atoms with E-state index < -0.39 is 0 Å². The van der Waals surface area contributed by atoms with Crippen LogP contribution in [0.25, 0.3) is 5.76 Å². The van der Waals surface area contributed by atoms with Crippen LogP contribution in [0.3, 0.4) is 0 Å². The fourth-order valence-corrected chi connectivity index (χ4v) is 1.32. The quantitative estimate of drug-likeness (QED) is 0.366. The van der Waals surface area contributed by atoms with Crippen molar-refractivity contribution in [1.29, 1.82) is 0 Å². The van der Waals surface area contributed by atoms with Crippen LogP contribution in [0.4, 0.5) is 0 Å². The maximum Gasteiger partial charge on any atom is 0.124 e. The van der Waals surface area contributed by atoms with Gasteiger partial charge in [-0.2, -0.15) is 0 Å². The van der Waals surface area contributed by atoms with Crippen molar-refractivity contribution in [1.82, 2.24) is 0 Å². The molecule has 0 aliphatic rings. The first-order valence-electron chi connectivity index (χ1n) is 4.50. The van der Waals surface area contributed by atoms with E-state index in [0.717, 1.165) is 5.75 Å². The van der Waals surface area contributed by atoms with Crippen molar-refractivity contribution in [3.05, 3.63) is 35.9 Å². The lowest BCUT2D eigenvalue weighted by atomic mass is 10.2. The molecule has 0 spiro atoms. The van der Waals surface area contributed by atoms with Gasteiger partial charge in [0.15, 0.2) is 0 Å². The van der Waals surface area contributed by atoms with Crippen LogP contribution in [0.5, 0.6) is 5.75 Å². The topological polar surface area (TPSA) is 29.5 Å². The Labute approximate surface area is 100.0 Å². The smallest absolute Gasteiger partial charge is 0.124 e. The van der Waals surface area contributed by atoms with E-state index in [2.05, 4.69) is 12.6 Å². The maximum absolute atomic E-state index is 9.60. The Balaban J connectivity index is 2.84. The van der Waals surface area contributed by atoms with Gasteiger partial charge in [0, 0.05) is 11.6 Å². The number of aliphatic hydroxyl groups is 1. The van der Waals surface area contributed by atoms with Gasteiger partial charge in [-0.15, -0.1) is 12.6 Å². The molecule has 15 heavy (non-hydrogen) atoms. The van der Waals surface area contributed by atoms with Crippen molar-refractivity contribution in [3.8, 4) is 5.75 Å². The van der Waals surface area contributed by atoms with Gasteiger partial charge in [0.2, 0.25) is 0 Å². The van der Waals surface area contributed by atoms with E-state index in [1.165, 1.54) is 6.08 Å². The minimum Gasteiger partial charge on any atom is -0.507 e. The fraction of sp³-hybridized carbons (Fsp3) is 0.182. The third-order valence-corrected chi connectivity index (χ3v) is 1.97. The highest BCUT2D eigenvalue weighted by Crippen LogP contribution is 2.17. The molecule has 0 bridgehead atoms. The van der Waals surface area contributed by atoms with Crippen LogP contribution in [0.1, 0.15) is 12.5 Å². The first-order chi connectivity index (χ1) is 7.13. The molecule has 80 valence electrons. The lowest BCUT2D eigenvalue weighted by molar-refractivity contribution is 0.340. The molecule has 0 aliphatic carbocycles. The summed E-state index contributed by atoms with van der Waals surface area (Å²) in [5.41, 5.74) is 0.690. The number of thiocarbonyl (C=S) groups is 1. The SMILES string of the molecule is CCOc1ccc(/C(O)=C/C(=S)S)cc1. The van der Waals surface area contributed by atoms with Crippen LogP contribution in [-0.4, -0.2) is 15.9 Å². The summed E-state index contributed by atoms with van der Waals surface area (Å²) in [5.74, 6) is 0.889. The number of hydrogen-bond acceptors (Lipinski definition) is 3. The molecule has 0 saturated heterocycles. The molecular formula is C11H12O2S2. The number of aliphatic hydroxyl groups excluding tert-OH is 1. The zero-order valence-corrected chi connectivity index (χ0v) is 10.0. The van der Waals surface area contributed by atoms with Gasteiger partial charge in [-0.05, 0) is 31.2 Å². The molecule has 0 heterocycles. The summed E-state index contributed by atoms with van der Waals surface area (Å²) in [6.45, 7) is 2.55. The third kappa shape index (κ3) is 3.93. The molecule has 0 fully saturated rings. The Morgan fingerprint density at radius 1 is 1.47 bits per heavy atom. The normalized spacial score (nSPS) is 11.2. The van der Waals surface area contributed by atoms with Crippen molar-refractivity contribution in [2.24, 2.45) is 0 Å². The molecule has 0 unspecified atom stereocenters. The molecule has 2 nitrogen and oxygen atoms in total. The van der Waals surface area contributed by atoms with Gasteiger partial charge in [-0.3, -0.25) is 0 Å². The van der Waals surface area contributed by atoms with Crippen LogP contribution in [0.15, 0.2) is 30.3 Å². The van der Waals surface area contributed by atoms with Crippen LogP contribution in [-0.2, 0) is 0 Å². The highest BCUT2D eigenvalue weighted by molar-refractivity contribution is 8.11. The summed E-state index contributed by atoms with van der Waals surface area (Å²) in [5, 5.41) is 9.60. The van der Waals surface area contributed by atoms with Crippen molar-refractivity contribution < 1.29 is 9.84 Å². The molecule has 0 amide bonds.